The Balaban J connectivity index is 3.12. The molecule has 0 N–H and O–H groups in total. The molecular weight excluding hydrogens is 170 g/mol. The molecule has 0 amide bonds. The zero-order chi connectivity index (χ0) is 9.84. The summed E-state index contributed by atoms with van der Waals surface area (Å²) in [5.41, 5.74) is 1.33. The van der Waals surface area contributed by atoms with E-state index in [1.54, 1.807) is 13.0 Å². The Hall–Kier alpha value is -1.71. The number of carbonyl (C=O) groups is 2. The van der Waals surface area contributed by atoms with Gasteiger partial charge in [-0.25, -0.2) is 9.78 Å². The molecule has 4 heteroatoms. The van der Waals surface area contributed by atoms with Gasteiger partial charge >= 0.3 is 5.97 Å². The summed E-state index contributed by atoms with van der Waals surface area (Å²) >= 11 is 0. The predicted molar refractivity (Wildman–Crippen MR) is 45.7 cm³/mol. The van der Waals surface area contributed by atoms with Crippen LogP contribution < -0.4 is 0 Å². The fraction of sp³-hybridized carbons (Fsp3) is 0.222. The summed E-state index contributed by atoms with van der Waals surface area (Å²) in [5, 5.41) is 0. The van der Waals surface area contributed by atoms with Crippen molar-refractivity contribution in [1.82, 2.24) is 4.98 Å². The Labute approximate surface area is 75.5 Å². The Bertz CT molecular complexity index is 347. The first-order chi connectivity index (χ1) is 6.19. The highest BCUT2D eigenvalue weighted by Gasteiger charge is 2.10. The van der Waals surface area contributed by atoms with Crippen molar-refractivity contribution in [3.63, 3.8) is 0 Å². The van der Waals surface area contributed by atoms with Crippen LogP contribution in [0.2, 0.25) is 0 Å². The largest absolute Gasteiger partial charge is 0.464 e. The van der Waals surface area contributed by atoms with Gasteiger partial charge in [0.2, 0.25) is 0 Å². The average Bonchev–Trinajstić information content (AvgIpc) is 2.16. The van der Waals surface area contributed by atoms with Gasteiger partial charge in [0.15, 0.2) is 12.0 Å². The molecule has 1 aromatic rings. The maximum atomic E-state index is 11.1. The third-order valence-corrected chi connectivity index (χ3v) is 1.61. The van der Waals surface area contributed by atoms with Gasteiger partial charge in [0.1, 0.15) is 0 Å². The van der Waals surface area contributed by atoms with Crippen LogP contribution in [0.4, 0.5) is 0 Å². The van der Waals surface area contributed by atoms with Crippen molar-refractivity contribution in [3.05, 3.63) is 29.1 Å². The van der Waals surface area contributed by atoms with Crippen molar-refractivity contribution in [2.75, 3.05) is 7.11 Å². The molecule has 0 aromatic carbocycles. The lowest BCUT2D eigenvalue weighted by atomic mass is 10.1. The van der Waals surface area contributed by atoms with Gasteiger partial charge in [-0.3, -0.25) is 4.79 Å². The van der Waals surface area contributed by atoms with E-state index < -0.39 is 5.97 Å². The Morgan fingerprint density at radius 2 is 2.31 bits per heavy atom. The Kier molecular flexibility index (Phi) is 2.74. The molecule has 13 heavy (non-hydrogen) atoms. The van der Waals surface area contributed by atoms with E-state index in [2.05, 4.69) is 9.72 Å². The third kappa shape index (κ3) is 1.90. The highest BCUT2D eigenvalue weighted by Crippen LogP contribution is 2.07. The molecule has 0 radical (unpaired) electrons. The highest BCUT2D eigenvalue weighted by atomic mass is 16.5. The van der Waals surface area contributed by atoms with Crippen LogP contribution in [0.5, 0.6) is 0 Å². The number of aldehydes is 1. The molecule has 0 spiro atoms. The Morgan fingerprint density at radius 1 is 1.62 bits per heavy atom. The highest BCUT2D eigenvalue weighted by molar-refractivity contribution is 5.89. The summed E-state index contributed by atoms with van der Waals surface area (Å²) in [6.45, 7) is 1.70. The number of esters is 1. The molecule has 1 heterocycles. The minimum Gasteiger partial charge on any atom is -0.464 e. The van der Waals surface area contributed by atoms with Crippen molar-refractivity contribution >= 4 is 12.3 Å². The molecule has 1 aromatic heterocycles. The molecule has 0 saturated heterocycles. The van der Waals surface area contributed by atoms with E-state index in [4.69, 9.17) is 0 Å². The summed E-state index contributed by atoms with van der Waals surface area (Å²) in [4.78, 5) is 25.2. The minimum absolute atomic E-state index is 0.244. The van der Waals surface area contributed by atoms with E-state index >= 15 is 0 Å². The lowest BCUT2D eigenvalue weighted by molar-refractivity contribution is 0.0593. The molecule has 0 aliphatic heterocycles. The molecule has 68 valence electrons. The summed E-state index contributed by atoms with van der Waals surface area (Å²) in [7, 11) is 1.29. The van der Waals surface area contributed by atoms with E-state index in [0.717, 1.165) is 0 Å². The van der Waals surface area contributed by atoms with E-state index in [9.17, 15) is 9.59 Å². The zero-order valence-corrected chi connectivity index (χ0v) is 7.40. The number of rotatable bonds is 2. The van der Waals surface area contributed by atoms with Gasteiger partial charge in [-0.15, -0.1) is 0 Å². The molecule has 0 atom stereocenters. The number of hydrogen-bond acceptors (Lipinski definition) is 4. The number of methoxy groups -OCH3 is 1. The van der Waals surface area contributed by atoms with Crippen LogP contribution in [0.3, 0.4) is 0 Å². The Morgan fingerprint density at radius 3 is 2.77 bits per heavy atom. The molecular formula is C9H9NO3. The molecule has 0 saturated carbocycles. The molecule has 0 aliphatic carbocycles. The first-order valence-corrected chi connectivity index (χ1v) is 3.69. The average molecular weight is 179 g/mol. The second-order valence-electron chi connectivity index (χ2n) is 2.54. The van der Waals surface area contributed by atoms with Gasteiger partial charge in [-0.1, -0.05) is 0 Å². The lowest BCUT2D eigenvalue weighted by Gasteiger charge is -2.01. The van der Waals surface area contributed by atoms with Crippen LogP contribution in [0.1, 0.15) is 26.4 Å². The van der Waals surface area contributed by atoms with Crippen LogP contribution >= 0.6 is 0 Å². The minimum atomic E-state index is -0.491. The topological polar surface area (TPSA) is 56.3 Å². The molecule has 0 bridgehead atoms. The second-order valence-corrected chi connectivity index (χ2v) is 2.54. The number of nitrogens with zero attached hydrogens (tertiary/aromatic N) is 1. The van der Waals surface area contributed by atoms with Gasteiger partial charge < -0.3 is 4.74 Å². The van der Waals surface area contributed by atoms with E-state index in [0.29, 0.717) is 17.4 Å². The van der Waals surface area contributed by atoms with Crippen LogP contribution in [0, 0.1) is 6.92 Å². The van der Waals surface area contributed by atoms with Gasteiger partial charge in [0.25, 0.3) is 0 Å². The third-order valence-electron chi connectivity index (χ3n) is 1.61. The van der Waals surface area contributed by atoms with Crippen LogP contribution in [-0.4, -0.2) is 24.3 Å². The quantitative estimate of drug-likeness (QED) is 0.501. The first-order valence-electron chi connectivity index (χ1n) is 3.69. The monoisotopic (exact) mass is 179 g/mol. The summed E-state index contributed by atoms with van der Waals surface area (Å²) in [6.07, 6.45) is 2.02. The van der Waals surface area contributed by atoms with E-state index in [-0.39, 0.29) is 5.69 Å². The van der Waals surface area contributed by atoms with Gasteiger partial charge in [-0.05, 0) is 18.6 Å². The van der Waals surface area contributed by atoms with Crippen molar-refractivity contribution in [1.29, 1.82) is 0 Å². The number of pyridine rings is 1. The zero-order valence-electron chi connectivity index (χ0n) is 7.40. The van der Waals surface area contributed by atoms with Gasteiger partial charge in [0.05, 0.1) is 7.11 Å². The normalized spacial score (nSPS) is 9.38. The van der Waals surface area contributed by atoms with Crippen LogP contribution in [0.25, 0.3) is 0 Å². The van der Waals surface area contributed by atoms with Gasteiger partial charge in [0, 0.05) is 11.8 Å². The van der Waals surface area contributed by atoms with E-state index in [1.807, 2.05) is 0 Å². The molecule has 1 rings (SSSR count). The summed E-state index contributed by atoms with van der Waals surface area (Å²) < 4.78 is 4.50. The molecule has 4 nitrogen and oxygen atoms in total. The standard InChI is InChI=1S/C9H9NO3/c1-6-3-7(5-11)4-10-8(6)9(12)13-2/h3-5H,1-2H3. The van der Waals surface area contributed by atoms with Crippen molar-refractivity contribution in [2.45, 2.75) is 6.92 Å². The number of ether oxygens (including phenoxy) is 1. The first kappa shape index (κ1) is 9.38. The maximum Gasteiger partial charge on any atom is 0.356 e. The summed E-state index contributed by atoms with van der Waals surface area (Å²) in [5.74, 6) is -0.491. The summed E-state index contributed by atoms with van der Waals surface area (Å²) in [6, 6.07) is 1.59. The molecule has 0 fully saturated rings. The van der Waals surface area contributed by atoms with Gasteiger partial charge in [-0.2, -0.15) is 0 Å². The van der Waals surface area contributed by atoms with Crippen LogP contribution in [0.15, 0.2) is 12.3 Å². The second kappa shape index (κ2) is 3.80. The van der Waals surface area contributed by atoms with Crippen molar-refractivity contribution in [2.24, 2.45) is 0 Å². The fourth-order valence-corrected chi connectivity index (χ4v) is 0.971. The predicted octanol–water partition coefficient (Wildman–Crippen LogP) is 0.989. The van der Waals surface area contributed by atoms with Crippen molar-refractivity contribution < 1.29 is 14.3 Å². The fourth-order valence-electron chi connectivity index (χ4n) is 0.971. The van der Waals surface area contributed by atoms with Crippen molar-refractivity contribution in [3.8, 4) is 0 Å². The smallest absolute Gasteiger partial charge is 0.356 e. The van der Waals surface area contributed by atoms with Crippen LogP contribution in [-0.2, 0) is 4.74 Å². The number of carbonyl (C=O) groups excluding carboxylic acids is 2. The SMILES string of the molecule is COC(=O)c1ncc(C=O)cc1C. The number of aryl methyl sites for hydroxylation is 1. The molecule has 0 aliphatic rings. The lowest BCUT2D eigenvalue weighted by Crippen LogP contribution is -2.07. The number of aromatic nitrogens is 1. The van der Waals surface area contributed by atoms with E-state index in [1.165, 1.54) is 13.3 Å². The number of hydrogen-bond donors (Lipinski definition) is 0. The maximum absolute atomic E-state index is 11.1. The molecule has 0 unspecified atom stereocenters.